The fraction of sp³-hybridized carbons (Fsp3) is 0.300. The monoisotopic (exact) mass is 319 g/mol. The first-order valence-corrected chi connectivity index (χ1v) is 8.25. The molecule has 4 heteroatoms. The van der Waals surface area contributed by atoms with E-state index in [1.54, 1.807) is 24.3 Å². The van der Waals surface area contributed by atoms with Gasteiger partial charge in [-0.2, -0.15) is 5.26 Å². The summed E-state index contributed by atoms with van der Waals surface area (Å²) in [7, 11) is 0. The SMILES string of the molecule is Cc1ccc(N2CCC(CNC(=O)c3cccc(C#N)c3)C2)cc1. The van der Waals surface area contributed by atoms with Gasteiger partial charge in [0.1, 0.15) is 0 Å². The molecule has 0 aliphatic carbocycles. The van der Waals surface area contributed by atoms with Crippen molar-refractivity contribution >= 4 is 11.6 Å². The quantitative estimate of drug-likeness (QED) is 0.942. The zero-order valence-electron chi connectivity index (χ0n) is 13.8. The van der Waals surface area contributed by atoms with Crippen molar-refractivity contribution in [2.75, 3.05) is 24.5 Å². The Balaban J connectivity index is 1.53. The van der Waals surface area contributed by atoms with Crippen molar-refractivity contribution in [1.82, 2.24) is 5.32 Å². The van der Waals surface area contributed by atoms with Crippen molar-refractivity contribution in [3.63, 3.8) is 0 Å². The van der Waals surface area contributed by atoms with Crippen LogP contribution in [0.4, 0.5) is 5.69 Å². The molecule has 1 saturated heterocycles. The van der Waals surface area contributed by atoms with Gasteiger partial charge in [-0.1, -0.05) is 23.8 Å². The molecule has 0 spiro atoms. The predicted molar refractivity (Wildman–Crippen MR) is 95.0 cm³/mol. The standard InChI is InChI=1S/C20H21N3O/c1-15-5-7-19(8-6-15)23-10-9-17(14-23)13-22-20(24)18-4-2-3-16(11-18)12-21/h2-8,11,17H,9-10,13-14H2,1H3,(H,22,24). The Kier molecular flexibility index (Phi) is 4.81. The summed E-state index contributed by atoms with van der Waals surface area (Å²) >= 11 is 0. The zero-order valence-corrected chi connectivity index (χ0v) is 13.8. The van der Waals surface area contributed by atoms with Gasteiger partial charge < -0.3 is 10.2 Å². The van der Waals surface area contributed by atoms with Gasteiger partial charge in [0.2, 0.25) is 0 Å². The second-order valence-electron chi connectivity index (χ2n) is 6.34. The second-order valence-corrected chi connectivity index (χ2v) is 6.34. The number of hydrogen-bond donors (Lipinski definition) is 1. The highest BCUT2D eigenvalue weighted by Crippen LogP contribution is 2.23. The van der Waals surface area contributed by atoms with Crippen LogP contribution < -0.4 is 10.2 Å². The van der Waals surface area contributed by atoms with E-state index < -0.39 is 0 Å². The topological polar surface area (TPSA) is 56.1 Å². The largest absolute Gasteiger partial charge is 0.371 e. The second kappa shape index (κ2) is 7.18. The molecule has 2 aromatic carbocycles. The van der Waals surface area contributed by atoms with Crippen LogP contribution in [0.5, 0.6) is 0 Å². The maximum absolute atomic E-state index is 12.2. The van der Waals surface area contributed by atoms with Gasteiger partial charge in [-0.15, -0.1) is 0 Å². The highest BCUT2D eigenvalue weighted by Gasteiger charge is 2.23. The van der Waals surface area contributed by atoms with E-state index in [0.717, 1.165) is 19.5 Å². The normalized spacial score (nSPS) is 16.7. The van der Waals surface area contributed by atoms with Crippen LogP contribution in [0.1, 0.15) is 27.9 Å². The molecule has 0 radical (unpaired) electrons. The molecular formula is C20H21N3O. The Bertz CT molecular complexity index is 761. The Morgan fingerprint density at radius 2 is 2.08 bits per heavy atom. The number of anilines is 1. The van der Waals surface area contributed by atoms with Crippen LogP contribution in [-0.4, -0.2) is 25.5 Å². The van der Waals surface area contributed by atoms with Gasteiger partial charge >= 0.3 is 0 Å². The fourth-order valence-corrected chi connectivity index (χ4v) is 3.06. The molecule has 3 rings (SSSR count). The number of hydrogen-bond acceptors (Lipinski definition) is 3. The number of aryl methyl sites for hydroxylation is 1. The summed E-state index contributed by atoms with van der Waals surface area (Å²) in [6.07, 6.45) is 1.08. The molecule has 1 heterocycles. The molecule has 1 aliphatic heterocycles. The average molecular weight is 319 g/mol. The molecule has 0 aromatic heterocycles. The average Bonchev–Trinajstić information content (AvgIpc) is 3.09. The number of rotatable bonds is 4. The van der Waals surface area contributed by atoms with Gasteiger partial charge in [-0.05, 0) is 49.6 Å². The molecule has 0 saturated carbocycles. The smallest absolute Gasteiger partial charge is 0.251 e. The van der Waals surface area contributed by atoms with E-state index in [1.807, 2.05) is 0 Å². The molecule has 1 aliphatic rings. The van der Waals surface area contributed by atoms with Crippen LogP contribution in [0, 0.1) is 24.2 Å². The zero-order chi connectivity index (χ0) is 16.9. The van der Waals surface area contributed by atoms with E-state index in [1.165, 1.54) is 11.3 Å². The van der Waals surface area contributed by atoms with Crippen LogP contribution in [0.3, 0.4) is 0 Å². The number of nitrogens with zero attached hydrogens (tertiary/aromatic N) is 2. The summed E-state index contributed by atoms with van der Waals surface area (Å²) in [6, 6.07) is 17.4. The van der Waals surface area contributed by atoms with Crippen molar-refractivity contribution in [2.24, 2.45) is 5.92 Å². The number of carbonyl (C=O) groups excluding carboxylic acids is 1. The van der Waals surface area contributed by atoms with Gasteiger partial charge in [0.25, 0.3) is 5.91 Å². The van der Waals surface area contributed by atoms with Gasteiger partial charge in [-0.3, -0.25) is 4.79 Å². The lowest BCUT2D eigenvalue weighted by Crippen LogP contribution is -2.31. The van der Waals surface area contributed by atoms with Crippen LogP contribution in [0.25, 0.3) is 0 Å². The van der Waals surface area contributed by atoms with Crippen LogP contribution >= 0.6 is 0 Å². The minimum absolute atomic E-state index is 0.110. The van der Waals surface area contributed by atoms with Crippen molar-refractivity contribution in [2.45, 2.75) is 13.3 Å². The van der Waals surface area contributed by atoms with Crippen LogP contribution in [-0.2, 0) is 0 Å². The molecule has 1 unspecified atom stereocenters. The van der Waals surface area contributed by atoms with Crippen LogP contribution in [0.2, 0.25) is 0 Å². The molecule has 1 amide bonds. The van der Waals surface area contributed by atoms with Crippen LogP contribution in [0.15, 0.2) is 48.5 Å². The lowest BCUT2D eigenvalue weighted by Gasteiger charge is -2.19. The minimum Gasteiger partial charge on any atom is -0.371 e. The lowest BCUT2D eigenvalue weighted by molar-refractivity contribution is 0.0948. The lowest BCUT2D eigenvalue weighted by atomic mass is 10.1. The number of carbonyl (C=O) groups is 1. The van der Waals surface area contributed by atoms with Crippen molar-refractivity contribution in [3.8, 4) is 6.07 Å². The summed E-state index contributed by atoms with van der Waals surface area (Å²) in [5.41, 5.74) is 3.56. The van der Waals surface area contributed by atoms with Gasteiger partial charge in [0, 0.05) is 30.9 Å². The number of benzene rings is 2. The maximum Gasteiger partial charge on any atom is 0.251 e. The summed E-state index contributed by atoms with van der Waals surface area (Å²) < 4.78 is 0. The Labute approximate surface area is 142 Å². The Morgan fingerprint density at radius 3 is 2.83 bits per heavy atom. The summed E-state index contributed by atoms with van der Waals surface area (Å²) in [5, 5.41) is 11.9. The molecule has 2 aromatic rings. The molecule has 4 nitrogen and oxygen atoms in total. The summed E-state index contributed by atoms with van der Waals surface area (Å²) in [5.74, 6) is 0.343. The number of amides is 1. The molecule has 122 valence electrons. The number of nitrogens with one attached hydrogen (secondary N) is 1. The first kappa shape index (κ1) is 16.1. The van der Waals surface area contributed by atoms with Gasteiger partial charge in [0.05, 0.1) is 11.6 Å². The summed E-state index contributed by atoms with van der Waals surface area (Å²) in [4.78, 5) is 14.6. The third-order valence-electron chi connectivity index (χ3n) is 4.49. The van der Waals surface area contributed by atoms with Crippen molar-refractivity contribution in [3.05, 3.63) is 65.2 Å². The minimum atomic E-state index is -0.110. The van der Waals surface area contributed by atoms with E-state index in [-0.39, 0.29) is 5.91 Å². The Hall–Kier alpha value is -2.80. The molecule has 1 N–H and O–H groups in total. The molecule has 24 heavy (non-hydrogen) atoms. The number of nitriles is 1. The van der Waals surface area contributed by atoms with E-state index in [4.69, 9.17) is 5.26 Å². The molecule has 1 atom stereocenters. The third-order valence-corrected chi connectivity index (χ3v) is 4.49. The third kappa shape index (κ3) is 3.75. The molecule has 0 bridgehead atoms. The highest BCUT2D eigenvalue weighted by atomic mass is 16.1. The van der Waals surface area contributed by atoms with Crippen molar-refractivity contribution < 1.29 is 4.79 Å². The van der Waals surface area contributed by atoms with E-state index in [2.05, 4.69) is 47.5 Å². The molecule has 1 fully saturated rings. The summed E-state index contributed by atoms with van der Waals surface area (Å²) in [6.45, 7) is 4.74. The predicted octanol–water partition coefficient (Wildman–Crippen LogP) is 3.12. The van der Waals surface area contributed by atoms with E-state index in [9.17, 15) is 4.79 Å². The van der Waals surface area contributed by atoms with E-state index >= 15 is 0 Å². The Morgan fingerprint density at radius 1 is 1.29 bits per heavy atom. The maximum atomic E-state index is 12.2. The highest BCUT2D eigenvalue weighted by molar-refractivity contribution is 5.94. The fourth-order valence-electron chi connectivity index (χ4n) is 3.06. The molecular weight excluding hydrogens is 298 g/mol. The van der Waals surface area contributed by atoms with Gasteiger partial charge in [0.15, 0.2) is 0 Å². The van der Waals surface area contributed by atoms with Gasteiger partial charge in [-0.25, -0.2) is 0 Å². The first-order valence-electron chi connectivity index (χ1n) is 8.25. The first-order chi connectivity index (χ1) is 11.7. The van der Waals surface area contributed by atoms with Crippen molar-refractivity contribution in [1.29, 1.82) is 5.26 Å². The van der Waals surface area contributed by atoms with E-state index in [0.29, 0.717) is 23.6 Å².